The Hall–Kier alpha value is -11.4. The molecule has 0 aromatic heterocycles. The fraction of sp³-hybridized carbons (Fsp3) is 0.397. The van der Waals surface area contributed by atoms with Gasteiger partial charge in [0.25, 0.3) is 46.8 Å². The van der Waals surface area contributed by atoms with E-state index in [4.69, 9.17) is 10.5 Å². The number of carbonyl (C=O) groups excluding carboxylic acids is 13. The molecular weight excluding hydrogens is 1290 g/mol. The number of nitrogens with zero attached hydrogens (tertiary/aromatic N) is 8. The zero-order chi connectivity index (χ0) is 72.1. The number of imide groups is 3. The maximum absolute atomic E-state index is 15.1. The minimum absolute atomic E-state index is 0.00388. The van der Waals surface area contributed by atoms with Crippen LogP contribution in [0.5, 0.6) is 0 Å². The van der Waals surface area contributed by atoms with Crippen LogP contribution < -0.4 is 27.0 Å². The summed E-state index contributed by atoms with van der Waals surface area (Å²) < 4.78 is 5.73. The number of nitro groups is 2. The molecule has 0 saturated heterocycles. The summed E-state index contributed by atoms with van der Waals surface area (Å²) in [6, 6.07) is 16.4. The fourth-order valence-corrected chi connectivity index (χ4v) is 12.1. The summed E-state index contributed by atoms with van der Waals surface area (Å²) in [6.45, 7) is 7.90. The molecule has 3 aliphatic rings. The van der Waals surface area contributed by atoms with E-state index in [0.717, 1.165) is 31.8 Å². The van der Waals surface area contributed by atoms with Crippen molar-refractivity contribution in [3.63, 3.8) is 0 Å². The molecule has 31 nitrogen and oxygen atoms in total. The number of anilines is 1. The molecule has 13 amide bonds. The number of primary amides is 1. The Bertz CT molecular complexity index is 4100. The molecule has 3 heterocycles. The quantitative estimate of drug-likeness (QED) is 0.0153. The highest BCUT2D eigenvalue weighted by Crippen LogP contribution is 2.38. The third-order valence-electron chi connectivity index (χ3n) is 17.4. The lowest BCUT2D eigenvalue weighted by Gasteiger charge is -2.36. The van der Waals surface area contributed by atoms with Crippen molar-refractivity contribution in [3.8, 4) is 0 Å². The maximum Gasteiger partial charge on any atom is 0.410 e. The van der Waals surface area contributed by atoms with Gasteiger partial charge in [0.1, 0.15) is 41.6 Å². The molecule has 0 bridgehead atoms. The number of benzene rings is 5. The topological polar surface area (TPSA) is 411 Å². The van der Waals surface area contributed by atoms with Gasteiger partial charge in [0.15, 0.2) is 0 Å². The van der Waals surface area contributed by atoms with Gasteiger partial charge < -0.3 is 41.5 Å². The van der Waals surface area contributed by atoms with E-state index in [0.29, 0.717) is 22.9 Å². The second kappa shape index (κ2) is 32.6. The first-order valence-corrected chi connectivity index (χ1v) is 32.2. The van der Waals surface area contributed by atoms with E-state index in [1.807, 2.05) is 11.8 Å². The van der Waals surface area contributed by atoms with Gasteiger partial charge >= 0.3 is 12.1 Å². The number of ether oxygens (including phenoxy) is 1. The zero-order valence-corrected chi connectivity index (χ0v) is 55.4. The van der Waals surface area contributed by atoms with Crippen LogP contribution in [0.15, 0.2) is 97.1 Å². The van der Waals surface area contributed by atoms with Crippen LogP contribution in [0, 0.1) is 32.1 Å². The van der Waals surface area contributed by atoms with Crippen LogP contribution >= 0.6 is 0 Å². The standard InChI is InChI=1S/C68H77N13O18/c1-7-75(34-36-78-62(88)46-14-8-12-42-19-24-49(80(95)96)56(54(42)46)64(78)90)31-11-32-76(35-37-79-63(89)47-15-9-13-43-20-25-50(81(97)98)57(55(43)47)65(79)91)66(92)59(40(4)5)74(6)68(94)99-38-41-17-21-44(22-18-41)71-60(86)48(16-10-30-70-67(69)93)72-61(87)58(39(2)3)73-51(83)26-23-45(82)29-33-77-52(84)27-28-53(77)85/h8-9,12-15,17-22,24-25,27-28,39-40,48,58-59H,7,10-11,16,23,26,29-38H2,1-6H3,(H,71,86)(H,72,87)(H,73,83)(H3,69,70,93)/t48-,58?,59?/m0/s1. The first-order chi connectivity index (χ1) is 47.1. The van der Waals surface area contributed by atoms with Crippen molar-refractivity contribution in [1.29, 1.82) is 0 Å². The van der Waals surface area contributed by atoms with Crippen LogP contribution in [0.2, 0.25) is 0 Å². The molecule has 0 aliphatic carbocycles. The van der Waals surface area contributed by atoms with Crippen molar-refractivity contribution >= 4 is 116 Å². The number of urea groups is 1. The number of hydrogen-bond donors (Lipinski definition) is 5. The summed E-state index contributed by atoms with van der Waals surface area (Å²) in [5.74, 6) is -8.38. The average Bonchev–Trinajstić information content (AvgIpc) is 0.961. The molecule has 0 radical (unpaired) electrons. The van der Waals surface area contributed by atoms with E-state index in [9.17, 15) is 77.8 Å². The van der Waals surface area contributed by atoms with Gasteiger partial charge in [-0.1, -0.05) is 71.0 Å². The van der Waals surface area contributed by atoms with E-state index < -0.39 is 135 Å². The summed E-state index contributed by atoms with van der Waals surface area (Å²) in [5, 5.41) is 36.1. The molecule has 0 fully saturated rings. The third kappa shape index (κ3) is 17.3. The molecule has 3 aliphatic heterocycles. The van der Waals surface area contributed by atoms with Gasteiger partial charge in [-0.05, 0) is 96.9 Å². The number of Topliss-reactive ketones (excluding diaryl/α,β-unsaturated/α-hetero) is 1. The molecule has 5 aromatic carbocycles. The van der Waals surface area contributed by atoms with Crippen LogP contribution in [0.4, 0.5) is 26.7 Å². The molecule has 6 N–H and O–H groups in total. The van der Waals surface area contributed by atoms with Gasteiger partial charge in [-0.25, -0.2) is 9.59 Å². The summed E-state index contributed by atoms with van der Waals surface area (Å²) in [6.07, 6.45) is 0.930. The first kappa shape index (κ1) is 73.4. The van der Waals surface area contributed by atoms with Crippen molar-refractivity contribution in [3.05, 3.63) is 145 Å². The summed E-state index contributed by atoms with van der Waals surface area (Å²) in [4.78, 5) is 204. The lowest BCUT2D eigenvalue weighted by atomic mass is 9.92. The lowest BCUT2D eigenvalue weighted by molar-refractivity contribution is -0.385. The van der Waals surface area contributed by atoms with E-state index >= 15 is 4.79 Å². The van der Waals surface area contributed by atoms with E-state index in [2.05, 4.69) is 21.3 Å². The maximum atomic E-state index is 15.1. The number of rotatable bonds is 34. The van der Waals surface area contributed by atoms with Crippen LogP contribution in [-0.4, -0.2) is 200 Å². The Balaban J connectivity index is 0.919. The minimum atomic E-state index is -1.23. The summed E-state index contributed by atoms with van der Waals surface area (Å²) in [5.41, 5.74) is 4.65. The van der Waals surface area contributed by atoms with Crippen LogP contribution in [0.25, 0.3) is 21.5 Å². The molecular formula is C68H77N13O18. The molecule has 522 valence electrons. The Morgan fingerprint density at radius 2 is 1.18 bits per heavy atom. The number of nitrogens with two attached hydrogens (primary N) is 1. The van der Waals surface area contributed by atoms with Gasteiger partial charge in [0.05, 0.1) is 9.85 Å². The molecule has 99 heavy (non-hydrogen) atoms. The van der Waals surface area contributed by atoms with Crippen molar-refractivity contribution in [1.82, 2.24) is 45.3 Å². The van der Waals surface area contributed by atoms with Gasteiger partial charge in [-0.3, -0.25) is 92.6 Å². The van der Waals surface area contributed by atoms with Crippen molar-refractivity contribution in [2.75, 3.05) is 71.3 Å². The molecule has 5 aromatic rings. The number of ketones is 1. The molecule has 0 saturated carbocycles. The van der Waals surface area contributed by atoms with E-state index in [1.165, 1.54) is 60.5 Å². The Kier molecular flexibility index (Phi) is 24.2. The number of amides is 13. The molecule has 3 atom stereocenters. The Labute approximate surface area is 567 Å². The van der Waals surface area contributed by atoms with Crippen LogP contribution in [-0.2, 0) is 44.9 Å². The number of carbonyl (C=O) groups is 13. The smallest absolute Gasteiger partial charge is 0.410 e. The van der Waals surface area contributed by atoms with Gasteiger partial charge in [0, 0.05) is 124 Å². The van der Waals surface area contributed by atoms with Gasteiger partial charge in [0.2, 0.25) is 23.6 Å². The highest BCUT2D eigenvalue weighted by atomic mass is 16.6. The number of hydrogen-bond acceptors (Lipinski definition) is 19. The SMILES string of the molecule is CCN(CCCN(CCN1C(=O)c2cccc3ccc([N+](=O)[O-])c(c23)C1=O)C(=O)C(C(C)C)N(C)C(=O)OCc1ccc(NC(=O)[C@H](CCCNC(N)=O)NC(=O)C(NC(=O)CCC(=O)CCN2C(=O)C=CC2=O)C(C)C)cc1)CCN1C(=O)c2cccc3ccc([N+](=O)[O-])c(c23)C1=O. The highest BCUT2D eigenvalue weighted by Gasteiger charge is 2.42. The average molecular weight is 1360 g/mol. The van der Waals surface area contributed by atoms with Gasteiger partial charge in [-0.15, -0.1) is 0 Å². The van der Waals surface area contributed by atoms with E-state index in [1.54, 1.807) is 64.1 Å². The summed E-state index contributed by atoms with van der Waals surface area (Å²) >= 11 is 0. The zero-order valence-electron chi connectivity index (χ0n) is 55.4. The fourth-order valence-electron chi connectivity index (χ4n) is 12.1. The Morgan fingerprint density at radius 3 is 1.71 bits per heavy atom. The monoisotopic (exact) mass is 1360 g/mol. The molecule has 8 rings (SSSR count). The second-order valence-electron chi connectivity index (χ2n) is 24.7. The predicted molar refractivity (Wildman–Crippen MR) is 357 cm³/mol. The molecule has 0 spiro atoms. The summed E-state index contributed by atoms with van der Waals surface area (Å²) in [7, 11) is 1.36. The minimum Gasteiger partial charge on any atom is -0.445 e. The molecule has 31 heteroatoms. The lowest BCUT2D eigenvalue weighted by Crippen LogP contribution is -2.54. The third-order valence-corrected chi connectivity index (χ3v) is 17.4. The predicted octanol–water partition coefficient (Wildman–Crippen LogP) is 5.21. The normalized spacial score (nSPS) is 14.3. The highest BCUT2D eigenvalue weighted by molar-refractivity contribution is 6.28. The number of nitro benzene ring substituents is 2. The number of nitrogens with one attached hydrogen (secondary N) is 4. The van der Waals surface area contributed by atoms with E-state index in [-0.39, 0.29) is 130 Å². The van der Waals surface area contributed by atoms with Crippen molar-refractivity contribution in [2.24, 2.45) is 17.6 Å². The number of likely N-dealkylation sites (N-methyl/N-ethyl adjacent to an activating group) is 2. The first-order valence-electron chi connectivity index (χ1n) is 32.2. The Morgan fingerprint density at radius 1 is 0.616 bits per heavy atom. The van der Waals surface area contributed by atoms with Crippen molar-refractivity contribution < 1.29 is 76.9 Å². The van der Waals surface area contributed by atoms with Crippen LogP contribution in [0.3, 0.4) is 0 Å². The van der Waals surface area contributed by atoms with Crippen LogP contribution in [0.1, 0.15) is 120 Å². The second-order valence-corrected chi connectivity index (χ2v) is 24.7. The van der Waals surface area contributed by atoms with Crippen molar-refractivity contribution in [2.45, 2.75) is 97.9 Å². The van der Waals surface area contributed by atoms with Gasteiger partial charge in [-0.2, -0.15) is 0 Å². The largest absolute Gasteiger partial charge is 0.445 e. The molecule has 2 unspecified atom stereocenters.